The van der Waals surface area contributed by atoms with Crippen LogP contribution in [0, 0.1) is 0 Å². The van der Waals surface area contributed by atoms with Crippen molar-refractivity contribution in [2.45, 2.75) is 26.0 Å². The Balaban J connectivity index is 1.71. The van der Waals surface area contributed by atoms with Crippen molar-refractivity contribution < 1.29 is 23.8 Å². The van der Waals surface area contributed by atoms with Crippen LogP contribution in [0.25, 0.3) is 11.0 Å². The third-order valence-corrected chi connectivity index (χ3v) is 6.26. The second-order valence-corrected chi connectivity index (χ2v) is 9.12. The van der Waals surface area contributed by atoms with Gasteiger partial charge in [0.2, 0.25) is 5.78 Å². The van der Waals surface area contributed by atoms with E-state index in [1.807, 2.05) is 43.5 Å². The minimum absolute atomic E-state index is 0.0143. The van der Waals surface area contributed by atoms with Gasteiger partial charge in [-0.25, -0.2) is 0 Å². The number of hydrogen-bond donors (Lipinski definition) is 1. The number of Topliss-reactive ketones (excluding diaryl/α,β-unsaturated/α-hetero) is 1. The highest BCUT2D eigenvalue weighted by Gasteiger charge is 2.44. The average Bonchev–Trinajstić information content (AvgIpc) is 3.41. The molecular weight excluding hydrogens is 470 g/mol. The number of amides is 1. The molecule has 0 saturated carbocycles. The van der Waals surface area contributed by atoms with Gasteiger partial charge in [0.05, 0.1) is 24.3 Å². The van der Waals surface area contributed by atoms with E-state index >= 15 is 0 Å². The lowest BCUT2D eigenvalue weighted by Gasteiger charge is -2.25. The van der Waals surface area contributed by atoms with E-state index in [1.54, 1.807) is 12.1 Å². The van der Waals surface area contributed by atoms with E-state index in [1.165, 1.54) is 16.2 Å². The number of hydrogen-bond acceptors (Lipinski definition) is 6. The molecule has 1 atom stereocenters. The molecule has 1 aliphatic heterocycles. The van der Waals surface area contributed by atoms with Crippen LogP contribution in [0.1, 0.15) is 35.3 Å². The van der Waals surface area contributed by atoms with E-state index in [4.69, 9.17) is 9.15 Å². The van der Waals surface area contributed by atoms with Gasteiger partial charge in [0.25, 0.3) is 5.91 Å². The number of carbonyl (C=O) groups excluding carboxylic acids is 2. The Morgan fingerprint density at radius 3 is 2.83 bits per heavy atom. The molecule has 8 heteroatoms. The number of ether oxygens (including phenoxy) is 1. The number of benzene rings is 1. The molecule has 0 aliphatic carbocycles. The van der Waals surface area contributed by atoms with Crippen molar-refractivity contribution in [1.29, 1.82) is 0 Å². The highest BCUT2D eigenvalue weighted by molar-refractivity contribution is 9.10. The van der Waals surface area contributed by atoms with Gasteiger partial charge in [-0.05, 0) is 49.6 Å². The van der Waals surface area contributed by atoms with Crippen LogP contribution in [-0.4, -0.2) is 41.0 Å². The number of nitrogens with zero attached hydrogens (tertiary/aromatic N) is 1. The molecule has 1 amide bonds. The summed E-state index contributed by atoms with van der Waals surface area (Å²) in [7, 11) is 0. The number of rotatable bonds is 7. The van der Waals surface area contributed by atoms with Gasteiger partial charge in [0, 0.05) is 21.3 Å². The van der Waals surface area contributed by atoms with E-state index in [0.717, 1.165) is 14.7 Å². The molecule has 156 valence electrons. The minimum Gasteiger partial charge on any atom is -0.503 e. The number of aliphatic hydroxyl groups is 1. The smallest absolute Gasteiger partial charge is 0.290 e. The average molecular weight is 490 g/mol. The number of halogens is 1. The van der Waals surface area contributed by atoms with Gasteiger partial charge in [-0.3, -0.25) is 9.59 Å². The third kappa shape index (κ3) is 3.82. The Hall–Kier alpha value is -2.42. The fourth-order valence-corrected chi connectivity index (χ4v) is 4.73. The normalized spacial score (nSPS) is 17.0. The van der Waals surface area contributed by atoms with Crippen LogP contribution in [-0.2, 0) is 9.53 Å². The Morgan fingerprint density at radius 1 is 1.33 bits per heavy atom. The highest BCUT2D eigenvalue weighted by Crippen LogP contribution is 2.41. The summed E-state index contributed by atoms with van der Waals surface area (Å²) in [4.78, 5) is 28.5. The van der Waals surface area contributed by atoms with Gasteiger partial charge in [-0.2, -0.15) is 0 Å². The molecule has 0 bridgehead atoms. The molecule has 1 aromatic carbocycles. The van der Waals surface area contributed by atoms with Crippen molar-refractivity contribution in [3.8, 4) is 0 Å². The van der Waals surface area contributed by atoms with Crippen molar-refractivity contribution >= 4 is 49.9 Å². The van der Waals surface area contributed by atoms with Gasteiger partial charge in [-0.15, -0.1) is 11.3 Å². The highest BCUT2D eigenvalue weighted by atomic mass is 79.9. The zero-order valence-corrected chi connectivity index (χ0v) is 18.8. The van der Waals surface area contributed by atoms with Gasteiger partial charge < -0.3 is 19.2 Å². The molecule has 1 aliphatic rings. The van der Waals surface area contributed by atoms with Crippen molar-refractivity contribution in [3.63, 3.8) is 0 Å². The number of fused-ring (bicyclic) bond motifs is 1. The fourth-order valence-electron chi connectivity index (χ4n) is 3.50. The lowest BCUT2D eigenvalue weighted by Crippen LogP contribution is -2.34. The quantitative estimate of drug-likeness (QED) is 0.457. The Morgan fingerprint density at radius 2 is 2.13 bits per heavy atom. The molecule has 30 heavy (non-hydrogen) atoms. The van der Waals surface area contributed by atoms with Crippen molar-refractivity contribution in [2.24, 2.45) is 0 Å². The van der Waals surface area contributed by atoms with Crippen molar-refractivity contribution in [1.82, 2.24) is 4.90 Å². The summed E-state index contributed by atoms with van der Waals surface area (Å²) >= 11 is 4.82. The maximum atomic E-state index is 13.4. The topological polar surface area (TPSA) is 80.0 Å². The molecular formula is C22H20BrNO5S. The first kappa shape index (κ1) is 20.8. The lowest BCUT2D eigenvalue weighted by molar-refractivity contribution is -0.130. The monoisotopic (exact) mass is 489 g/mol. The van der Waals surface area contributed by atoms with Gasteiger partial charge in [-0.1, -0.05) is 22.0 Å². The molecule has 6 nitrogen and oxygen atoms in total. The largest absolute Gasteiger partial charge is 0.503 e. The van der Waals surface area contributed by atoms with E-state index in [9.17, 15) is 14.7 Å². The van der Waals surface area contributed by atoms with Crippen LogP contribution in [0.4, 0.5) is 0 Å². The zero-order valence-electron chi connectivity index (χ0n) is 16.4. The van der Waals surface area contributed by atoms with Crippen LogP contribution in [0.15, 0.2) is 62.0 Å². The van der Waals surface area contributed by atoms with Crippen LogP contribution in [0.5, 0.6) is 0 Å². The van der Waals surface area contributed by atoms with Crippen LogP contribution < -0.4 is 0 Å². The lowest BCUT2D eigenvalue weighted by atomic mass is 10.0. The van der Waals surface area contributed by atoms with E-state index in [2.05, 4.69) is 15.9 Å². The summed E-state index contributed by atoms with van der Waals surface area (Å²) in [5, 5.41) is 13.3. The molecule has 1 N–H and O–H groups in total. The van der Waals surface area contributed by atoms with Crippen molar-refractivity contribution in [2.75, 3.05) is 13.2 Å². The van der Waals surface area contributed by atoms with Crippen LogP contribution in [0.3, 0.4) is 0 Å². The summed E-state index contributed by atoms with van der Waals surface area (Å²) in [6.45, 7) is 4.38. The predicted octanol–water partition coefficient (Wildman–Crippen LogP) is 5.26. The summed E-state index contributed by atoms with van der Waals surface area (Å²) in [6.07, 6.45) is 0.0143. The standard InChI is InChI=1S/C22H20BrNO5S/c1-12(2)28-8-7-24-19(17-4-3-9-30-17)18(21(26)22(24)27)20(25)16-11-13-10-14(23)5-6-15(13)29-16/h3-6,9-12,19,26H,7-8H2,1-2H3. The van der Waals surface area contributed by atoms with Crippen LogP contribution >= 0.6 is 27.3 Å². The molecule has 2 aromatic heterocycles. The summed E-state index contributed by atoms with van der Waals surface area (Å²) in [5.74, 6) is -1.54. The van der Waals surface area contributed by atoms with Gasteiger partial charge in [0.15, 0.2) is 11.5 Å². The molecule has 3 aromatic rings. The molecule has 4 rings (SSSR count). The van der Waals surface area contributed by atoms with E-state index in [-0.39, 0.29) is 24.0 Å². The minimum atomic E-state index is -0.680. The first-order valence-electron chi connectivity index (χ1n) is 9.49. The van der Waals surface area contributed by atoms with Gasteiger partial charge in [0.1, 0.15) is 5.58 Å². The number of aliphatic hydroxyl groups excluding tert-OH is 1. The Labute approximate surface area is 185 Å². The van der Waals surface area contributed by atoms with E-state index < -0.39 is 23.5 Å². The number of thiophene rings is 1. The Bertz CT molecular complexity index is 1130. The predicted molar refractivity (Wildman–Crippen MR) is 118 cm³/mol. The molecule has 0 saturated heterocycles. The molecule has 1 unspecified atom stereocenters. The molecule has 0 spiro atoms. The SMILES string of the molecule is CC(C)OCCN1C(=O)C(O)=C(C(=O)c2cc3cc(Br)ccc3o2)C1c1cccs1. The molecule has 0 radical (unpaired) electrons. The maximum Gasteiger partial charge on any atom is 0.290 e. The maximum absolute atomic E-state index is 13.4. The second-order valence-electron chi connectivity index (χ2n) is 7.22. The Kier molecular flexibility index (Phi) is 5.81. The number of carbonyl (C=O) groups is 2. The van der Waals surface area contributed by atoms with Crippen molar-refractivity contribution in [3.05, 3.63) is 68.2 Å². The van der Waals surface area contributed by atoms with Crippen LogP contribution in [0.2, 0.25) is 0 Å². The summed E-state index contributed by atoms with van der Waals surface area (Å²) in [6, 6.07) is 10.1. The zero-order chi connectivity index (χ0) is 21.4. The summed E-state index contributed by atoms with van der Waals surface area (Å²) < 4.78 is 12.2. The molecule has 0 fully saturated rings. The van der Waals surface area contributed by atoms with Gasteiger partial charge >= 0.3 is 0 Å². The summed E-state index contributed by atoms with van der Waals surface area (Å²) in [5.41, 5.74) is 0.589. The van der Waals surface area contributed by atoms with E-state index in [0.29, 0.717) is 12.2 Å². The fraction of sp³-hybridized carbons (Fsp3) is 0.273. The molecule has 3 heterocycles. The second kappa shape index (κ2) is 8.37. The third-order valence-electron chi connectivity index (χ3n) is 4.85. The number of ketones is 1. The first-order valence-corrected chi connectivity index (χ1v) is 11.2. The first-order chi connectivity index (χ1) is 14.4. The number of furan rings is 1.